The maximum Gasteiger partial charge on any atom is 0.283 e. The van der Waals surface area contributed by atoms with Crippen LogP contribution in [0.2, 0.25) is 0 Å². The molecule has 1 fully saturated rings. The lowest BCUT2D eigenvalue weighted by Crippen LogP contribution is -2.36. The van der Waals surface area contributed by atoms with Crippen LogP contribution in [0, 0.1) is 0 Å². The highest BCUT2D eigenvalue weighted by Crippen LogP contribution is 2.25. The van der Waals surface area contributed by atoms with Crippen molar-refractivity contribution in [2.24, 2.45) is 0 Å². The molecule has 0 aromatic carbocycles. The molecule has 2 aromatic rings. The first-order chi connectivity index (χ1) is 12.5. The maximum atomic E-state index is 12.4. The van der Waals surface area contributed by atoms with E-state index in [1.54, 1.807) is 0 Å². The summed E-state index contributed by atoms with van der Waals surface area (Å²) in [6, 6.07) is 0. The van der Waals surface area contributed by atoms with Gasteiger partial charge in [0.05, 0.1) is 18.8 Å². The number of morpholine rings is 1. The molecule has 2 aliphatic rings. The SMILES string of the molecule is Nc1c(C=C2C=CC(=O)C(O)=C2)c(=O)nc2sc(N3CCOCC3)nn12. The van der Waals surface area contributed by atoms with Gasteiger partial charge in [-0.3, -0.25) is 9.59 Å². The fourth-order valence-electron chi connectivity index (χ4n) is 2.68. The number of nitrogens with zero attached hydrogens (tertiary/aromatic N) is 4. The lowest BCUT2D eigenvalue weighted by atomic mass is 10.1. The van der Waals surface area contributed by atoms with Crippen LogP contribution in [0.4, 0.5) is 10.9 Å². The number of ether oxygens (including phenoxy) is 1. The van der Waals surface area contributed by atoms with Gasteiger partial charge < -0.3 is 20.5 Å². The number of aromatic nitrogens is 3. The minimum absolute atomic E-state index is 0.152. The second kappa shape index (κ2) is 6.39. The summed E-state index contributed by atoms with van der Waals surface area (Å²) in [4.78, 5) is 30.2. The molecule has 9 nitrogen and oxygen atoms in total. The first-order valence-electron chi connectivity index (χ1n) is 7.90. The summed E-state index contributed by atoms with van der Waals surface area (Å²) >= 11 is 1.29. The van der Waals surface area contributed by atoms with Crippen molar-refractivity contribution in [2.75, 3.05) is 36.9 Å². The first-order valence-corrected chi connectivity index (χ1v) is 8.71. The van der Waals surface area contributed by atoms with Crippen molar-refractivity contribution in [3.63, 3.8) is 0 Å². The molecule has 0 atom stereocenters. The number of rotatable bonds is 2. The molecule has 1 aliphatic carbocycles. The van der Waals surface area contributed by atoms with Crippen LogP contribution in [0.5, 0.6) is 0 Å². The third-order valence-corrected chi connectivity index (χ3v) is 5.03. The van der Waals surface area contributed by atoms with Gasteiger partial charge in [-0.05, 0) is 23.8 Å². The van der Waals surface area contributed by atoms with Gasteiger partial charge in [0.1, 0.15) is 5.82 Å². The van der Waals surface area contributed by atoms with Crippen molar-refractivity contribution >= 4 is 39.1 Å². The second-order valence-corrected chi connectivity index (χ2v) is 6.70. The molecule has 134 valence electrons. The number of allylic oxidation sites excluding steroid dienone is 4. The Hall–Kier alpha value is -2.98. The number of nitrogen functional groups attached to an aromatic ring is 1. The second-order valence-electron chi connectivity index (χ2n) is 5.77. The zero-order valence-corrected chi connectivity index (χ0v) is 14.4. The number of ketones is 1. The summed E-state index contributed by atoms with van der Waals surface area (Å²) in [6.45, 7) is 2.66. The topological polar surface area (TPSA) is 123 Å². The van der Waals surface area contributed by atoms with Gasteiger partial charge in [0.15, 0.2) is 5.76 Å². The van der Waals surface area contributed by atoms with Crippen LogP contribution in [-0.4, -0.2) is 51.8 Å². The molecular formula is C16H15N5O4S. The normalized spacial score (nSPS) is 19.4. The molecule has 1 aliphatic heterocycles. The minimum atomic E-state index is -0.495. The average molecular weight is 373 g/mol. The standard InChI is InChI=1S/C16H15N5O4S/c17-13-10(7-9-1-2-11(22)12(23)8-9)14(24)18-15-21(13)19-16(26-15)20-3-5-25-6-4-20/h1-2,7-8,23H,3-6,17H2. The van der Waals surface area contributed by atoms with Gasteiger partial charge in [-0.1, -0.05) is 17.4 Å². The van der Waals surface area contributed by atoms with E-state index >= 15 is 0 Å². The molecule has 0 spiro atoms. The van der Waals surface area contributed by atoms with E-state index in [1.165, 1.54) is 40.2 Å². The molecule has 0 radical (unpaired) electrons. The van der Waals surface area contributed by atoms with Crippen molar-refractivity contribution in [1.29, 1.82) is 0 Å². The third-order valence-electron chi connectivity index (χ3n) is 4.06. The van der Waals surface area contributed by atoms with E-state index in [4.69, 9.17) is 10.5 Å². The Labute approximate surface area is 151 Å². The van der Waals surface area contributed by atoms with Crippen LogP contribution < -0.4 is 16.2 Å². The van der Waals surface area contributed by atoms with E-state index < -0.39 is 17.1 Å². The molecule has 4 rings (SSSR count). The molecule has 10 heteroatoms. The number of carbonyl (C=O) groups excluding carboxylic acids is 1. The molecule has 26 heavy (non-hydrogen) atoms. The van der Waals surface area contributed by atoms with E-state index in [0.29, 0.717) is 36.8 Å². The molecule has 1 saturated heterocycles. The maximum absolute atomic E-state index is 12.4. The Morgan fingerprint density at radius 2 is 2.04 bits per heavy atom. The van der Waals surface area contributed by atoms with Gasteiger partial charge in [0.2, 0.25) is 15.9 Å². The Morgan fingerprint density at radius 1 is 1.27 bits per heavy atom. The number of hydrogen-bond donors (Lipinski definition) is 2. The van der Waals surface area contributed by atoms with E-state index in [1.807, 2.05) is 0 Å². The average Bonchev–Trinajstić information content (AvgIpc) is 3.06. The fraction of sp³-hybridized carbons (Fsp3) is 0.250. The lowest BCUT2D eigenvalue weighted by molar-refractivity contribution is -0.113. The van der Waals surface area contributed by atoms with Crippen LogP contribution in [0.3, 0.4) is 0 Å². The van der Waals surface area contributed by atoms with Crippen molar-refractivity contribution in [2.45, 2.75) is 0 Å². The number of aliphatic hydroxyl groups excluding tert-OH is 1. The van der Waals surface area contributed by atoms with Gasteiger partial charge in [0.25, 0.3) is 5.56 Å². The quantitative estimate of drug-likeness (QED) is 0.782. The van der Waals surface area contributed by atoms with Crippen molar-refractivity contribution in [3.05, 3.63) is 45.5 Å². The number of anilines is 2. The number of fused-ring (bicyclic) bond motifs is 1. The Bertz CT molecular complexity index is 1040. The highest BCUT2D eigenvalue weighted by Gasteiger charge is 2.19. The smallest absolute Gasteiger partial charge is 0.283 e. The molecular weight excluding hydrogens is 358 g/mol. The van der Waals surface area contributed by atoms with Gasteiger partial charge >= 0.3 is 0 Å². The van der Waals surface area contributed by atoms with Crippen LogP contribution in [0.25, 0.3) is 11.0 Å². The molecule has 0 unspecified atom stereocenters. The van der Waals surface area contributed by atoms with Crippen LogP contribution in [0.15, 0.2) is 34.4 Å². The van der Waals surface area contributed by atoms with Crippen LogP contribution in [0.1, 0.15) is 5.56 Å². The number of hydrogen-bond acceptors (Lipinski definition) is 9. The van der Waals surface area contributed by atoms with E-state index in [0.717, 1.165) is 5.13 Å². The third kappa shape index (κ3) is 2.89. The molecule has 3 heterocycles. The van der Waals surface area contributed by atoms with Crippen molar-refractivity contribution in [1.82, 2.24) is 14.6 Å². The highest BCUT2D eigenvalue weighted by atomic mass is 32.1. The minimum Gasteiger partial charge on any atom is -0.504 e. The van der Waals surface area contributed by atoms with E-state index in [9.17, 15) is 14.7 Å². The summed E-state index contributed by atoms with van der Waals surface area (Å²) in [5.74, 6) is -0.730. The monoisotopic (exact) mass is 373 g/mol. The molecule has 0 bridgehead atoms. The molecule has 0 amide bonds. The van der Waals surface area contributed by atoms with Gasteiger partial charge in [-0.2, -0.15) is 9.50 Å². The largest absolute Gasteiger partial charge is 0.504 e. The first kappa shape index (κ1) is 16.5. The number of carbonyl (C=O) groups is 1. The summed E-state index contributed by atoms with van der Waals surface area (Å²) < 4.78 is 6.77. The lowest BCUT2D eigenvalue weighted by Gasteiger charge is -2.25. The number of aliphatic hydroxyl groups is 1. The molecule has 2 aromatic heterocycles. The zero-order valence-electron chi connectivity index (χ0n) is 13.6. The number of nitrogens with two attached hydrogens (primary N) is 1. The van der Waals surface area contributed by atoms with Crippen LogP contribution in [-0.2, 0) is 9.53 Å². The summed E-state index contributed by atoms with van der Waals surface area (Å²) in [5.41, 5.74) is 6.27. The van der Waals surface area contributed by atoms with Gasteiger partial charge in [0, 0.05) is 13.1 Å². The van der Waals surface area contributed by atoms with Crippen LogP contribution >= 0.6 is 11.3 Å². The predicted octanol–water partition coefficient (Wildman–Crippen LogP) is 0.534. The summed E-state index contributed by atoms with van der Waals surface area (Å²) in [7, 11) is 0. The van der Waals surface area contributed by atoms with Crippen molar-refractivity contribution in [3.8, 4) is 0 Å². The Kier molecular flexibility index (Phi) is 4.05. The summed E-state index contributed by atoms with van der Waals surface area (Å²) in [5, 5.41) is 14.7. The van der Waals surface area contributed by atoms with Crippen molar-refractivity contribution < 1.29 is 14.6 Å². The van der Waals surface area contributed by atoms with E-state index in [-0.39, 0.29) is 11.4 Å². The Morgan fingerprint density at radius 3 is 2.77 bits per heavy atom. The Balaban J connectivity index is 1.78. The predicted molar refractivity (Wildman–Crippen MR) is 97.4 cm³/mol. The summed E-state index contributed by atoms with van der Waals surface area (Å²) in [6.07, 6.45) is 5.47. The molecule has 0 saturated carbocycles. The van der Waals surface area contributed by atoms with Gasteiger partial charge in [-0.15, -0.1) is 5.10 Å². The fourth-order valence-corrected chi connectivity index (χ4v) is 3.63. The zero-order chi connectivity index (χ0) is 18.3. The molecule has 3 N–H and O–H groups in total. The van der Waals surface area contributed by atoms with Gasteiger partial charge in [-0.25, -0.2) is 0 Å². The van der Waals surface area contributed by atoms with E-state index in [2.05, 4.69) is 15.0 Å². The highest BCUT2D eigenvalue weighted by molar-refractivity contribution is 7.20.